The van der Waals surface area contributed by atoms with Gasteiger partial charge in [-0.05, 0) is 0 Å². The van der Waals surface area contributed by atoms with Gasteiger partial charge in [0.25, 0.3) is 0 Å². The Kier molecular flexibility index (Phi) is 2.60. The van der Waals surface area contributed by atoms with Crippen LogP contribution in [0.5, 0.6) is 0 Å². The highest BCUT2D eigenvalue weighted by Gasteiger charge is 2.08. The topological polar surface area (TPSA) is 58.6 Å². The molecule has 0 radical (unpaired) electrons. The Balaban J connectivity index is 2.50. The quantitative estimate of drug-likeness (QED) is 0.794. The molecule has 2 aromatic heterocycles. The van der Waals surface area contributed by atoms with Gasteiger partial charge in [-0.25, -0.2) is 0 Å². The Morgan fingerprint density at radius 3 is 3.00 bits per heavy atom. The number of pyridine rings is 1. The summed E-state index contributed by atoms with van der Waals surface area (Å²) in [4.78, 5) is 14.2. The maximum absolute atomic E-state index is 11.4. The minimum Gasteiger partial charge on any atom is -0.367 e. The zero-order chi connectivity index (χ0) is 9.97. The smallest absolute Gasteiger partial charge is 0.191 e. The average Bonchev–Trinajstić information content (AvgIpc) is 2.67. The van der Waals surface area contributed by atoms with Gasteiger partial charge in [0.05, 0.1) is 11.4 Å². The molecule has 2 heterocycles. The van der Waals surface area contributed by atoms with Gasteiger partial charge in [-0.2, -0.15) is 0 Å². The number of hydrogen-bond donors (Lipinski definition) is 1. The van der Waals surface area contributed by atoms with Gasteiger partial charge in [0.2, 0.25) is 0 Å². The van der Waals surface area contributed by atoms with E-state index in [0.29, 0.717) is 21.5 Å². The second-order valence-electron chi connectivity index (χ2n) is 2.56. The van der Waals surface area contributed by atoms with Crippen LogP contribution in [0.2, 0.25) is 0 Å². The second-order valence-corrected chi connectivity index (χ2v) is 3.89. The van der Waals surface area contributed by atoms with Crippen LogP contribution in [0.1, 0.15) is 5.01 Å². The van der Waals surface area contributed by atoms with E-state index in [-0.39, 0.29) is 5.43 Å². The first-order valence-electron chi connectivity index (χ1n) is 3.87. The van der Waals surface area contributed by atoms with Crippen molar-refractivity contribution in [3.05, 3.63) is 33.7 Å². The van der Waals surface area contributed by atoms with Crippen molar-refractivity contribution >= 4 is 22.9 Å². The van der Waals surface area contributed by atoms with Crippen molar-refractivity contribution < 1.29 is 0 Å². The molecule has 6 heteroatoms. The van der Waals surface area contributed by atoms with E-state index in [4.69, 9.17) is 11.6 Å². The van der Waals surface area contributed by atoms with Crippen molar-refractivity contribution in [3.8, 4) is 10.6 Å². The number of nitrogens with zero attached hydrogens (tertiary/aromatic N) is 2. The summed E-state index contributed by atoms with van der Waals surface area (Å²) in [5, 5.41) is 9.03. The van der Waals surface area contributed by atoms with E-state index >= 15 is 0 Å². The van der Waals surface area contributed by atoms with Gasteiger partial charge in [0.1, 0.15) is 5.01 Å². The van der Waals surface area contributed by atoms with E-state index in [1.54, 1.807) is 12.4 Å². The Bertz CT molecular complexity index is 493. The summed E-state index contributed by atoms with van der Waals surface area (Å²) in [7, 11) is 0. The van der Waals surface area contributed by atoms with Crippen molar-refractivity contribution in [3.63, 3.8) is 0 Å². The lowest BCUT2D eigenvalue weighted by atomic mass is 10.3. The van der Waals surface area contributed by atoms with Crippen LogP contribution in [0, 0.1) is 0 Å². The van der Waals surface area contributed by atoms with Gasteiger partial charge in [0, 0.05) is 18.5 Å². The second kappa shape index (κ2) is 3.89. The van der Waals surface area contributed by atoms with Crippen molar-refractivity contribution in [1.29, 1.82) is 0 Å². The molecule has 0 aliphatic heterocycles. The van der Waals surface area contributed by atoms with Crippen LogP contribution in [0.25, 0.3) is 10.6 Å². The van der Waals surface area contributed by atoms with E-state index < -0.39 is 0 Å². The van der Waals surface area contributed by atoms with Crippen LogP contribution in [0.15, 0.2) is 23.3 Å². The van der Waals surface area contributed by atoms with Gasteiger partial charge < -0.3 is 4.98 Å². The van der Waals surface area contributed by atoms with Crippen LogP contribution in [-0.2, 0) is 5.88 Å². The molecule has 14 heavy (non-hydrogen) atoms. The van der Waals surface area contributed by atoms with E-state index in [9.17, 15) is 4.79 Å². The molecule has 1 N–H and O–H groups in total. The molecule has 72 valence electrons. The molecule has 0 atom stereocenters. The molecule has 2 rings (SSSR count). The predicted molar refractivity (Wildman–Crippen MR) is 55.5 cm³/mol. The van der Waals surface area contributed by atoms with Crippen molar-refractivity contribution in [2.75, 3.05) is 0 Å². The molecule has 2 aromatic rings. The van der Waals surface area contributed by atoms with Gasteiger partial charge in [0.15, 0.2) is 10.4 Å². The van der Waals surface area contributed by atoms with Crippen LogP contribution in [-0.4, -0.2) is 15.2 Å². The molecule has 0 fully saturated rings. The van der Waals surface area contributed by atoms with Crippen molar-refractivity contribution in [2.24, 2.45) is 0 Å². The zero-order valence-corrected chi connectivity index (χ0v) is 8.60. The predicted octanol–water partition coefficient (Wildman–Crippen LogP) is 1.63. The largest absolute Gasteiger partial charge is 0.367 e. The molecule has 0 spiro atoms. The fourth-order valence-corrected chi connectivity index (χ4v) is 1.93. The van der Waals surface area contributed by atoms with Crippen LogP contribution in [0.4, 0.5) is 0 Å². The summed E-state index contributed by atoms with van der Waals surface area (Å²) >= 11 is 6.92. The molecule has 0 amide bonds. The molecule has 0 saturated heterocycles. The fourth-order valence-electron chi connectivity index (χ4n) is 1.000. The molecule has 0 saturated carbocycles. The number of halogens is 1. The lowest BCUT2D eigenvalue weighted by Gasteiger charge is -1.90. The van der Waals surface area contributed by atoms with E-state index in [2.05, 4.69) is 15.2 Å². The lowest BCUT2D eigenvalue weighted by molar-refractivity contribution is 1.04. The number of rotatable bonds is 2. The Morgan fingerprint density at radius 1 is 1.50 bits per heavy atom. The number of aromatic amines is 1. The maximum atomic E-state index is 11.4. The first kappa shape index (κ1) is 9.36. The zero-order valence-electron chi connectivity index (χ0n) is 7.03. The highest BCUT2D eigenvalue weighted by molar-refractivity contribution is 7.14. The van der Waals surface area contributed by atoms with Crippen molar-refractivity contribution in [1.82, 2.24) is 15.2 Å². The summed E-state index contributed by atoms with van der Waals surface area (Å²) in [6.07, 6.45) is 3.19. The standard InChI is InChI=1S/C8H6ClN3OS/c9-3-7-11-12-8(14-7)5-4-10-2-1-6(5)13/h1-2,4H,3H2,(H,10,13). The van der Waals surface area contributed by atoms with Crippen LogP contribution in [0.3, 0.4) is 0 Å². The molecule has 0 bridgehead atoms. The van der Waals surface area contributed by atoms with Crippen molar-refractivity contribution in [2.45, 2.75) is 5.88 Å². The first-order valence-corrected chi connectivity index (χ1v) is 5.22. The molecule has 0 aliphatic rings. The van der Waals surface area contributed by atoms with E-state index in [1.807, 2.05) is 0 Å². The third-order valence-electron chi connectivity index (χ3n) is 1.64. The molecular formula is C8H6ClN3OS. The minimum atomic E-state index is -0.0685. The first-order chi connectivity index (χ1) is 6.81. The van der Waals surface area contributed by atoms with Gasteiger partial charge in [-0.15, -0.1) is 21.8 Å². The van der Waals surface area contributed by atoms with Crippen LogP contribution >= 0.6 is 22.9 Å². The summed E-state index contributed by atoms with van der Waals surface area (Å²) in [6, 6.07) is 1.46. The van der Waals surface area contributed by atoms with Gasteiger partial charge >= 0.3 is 0 Å². The number of H-pyrrole nitrogens is 1. The molecule has 0 aromatic carbocycles. The normalized spacial score (nSPS) is 10.4. The van der Waals surface area contributed by atoms with E-state index in [1.165, 1.54) is 17.4 Å². The number of aromatic nitrogens is 3. The molecule has 4 nitrogen and oxygen atoms in total. The molecule has 0 unspecified atom stereocenters. The fraction of sp³-hybridized carbons (Fsp3) is 0.125. The number of alkyl halides is 1. The monoisotopic (exact) mass is 227 g/mol. The van der Waals surface area contributed by atoms with Crippen LogP contribution < -0.4 is 5.43 Å². The summed E-state index contributed by atoms with van der Waals surface area (Å²) in [5.41, 5.74) is 0.461. The summed E-state index contributed by atoms with van der Waals surface area (Å²) in [5.74, 6) is 0.322. The Labute approximate surface area is 88.6 Å². The third-order valence-corrected chi connectivity index (χ3v) is 3.00. The molecule has 0 aliphatic carbocycles. The molecular weight excluding hydrogens is 222 g/mol. The Morgan fingerprint density at radius 2 is 2.36 bits per heavy atom. The maximum Gasteiger partial charge on any atom is 0.191 e. The number of hydrogen-bond acceptors (Lipinski definition) is 4. The SMILES string of the molecule is O=c1cc[nH]cc1-c1nnc(CCl)s1. The summed E-state index contributed by atoms with van der Waals surface area (Å²) < 4.78 is 0. The van der Waals surface area contributed by atoms with Gasteiger partial charge in [-0.3, -0.25) is 4.79 Å². The average molecular weight is 228 g/mol. The van der Waals surface area contributed by atoms with Gasteiger partial charge in [-0.1, -0.05) is 11.3 Å². The highest BCUT2D eigenvalue weighted by Crippen LogP contribution is 2.20. The van der Waals surface area contributed by atoms with E-state index in [0.717, 1.165) is 0 Å². The lowest BCUT2D eigenvalue weighted by Crippen LogP contribution is -2.01. The minimum absolute atomic E-state index is 0.0685. The summed E-state index contributed by atoms with van der Waals surface area (Å²) in [6.45, 7) is 0. The number of nitrogens with one attached hydrogen (secondary N) is 1. The Hall–Kier alpha value is -1.20. The highest BCUT2D eigenvalue weighted by atomic mass is 35.5. The third kappa shape index (κ3) is 1.69.